The molecule has 1 amide bonds. The summed E-state index contributed by atoms with van der Waals surface area (Å²) in [7, 11) is 0. The number of nitrogens with one attached hydrogen (secondary N) is 1. The Morgan fingerprint density at radius 1 is 1.13 bits per heavy atom. The fourth-order valence-corrected chi connectivity index (χ4v) is 3.00. The third-order valence-electron chi connectivity index (χ3n) is 4.56. The van der Waals surface area contributed by atoms with Crippen LogP contribution in [0.3, 0.4) is 0 Å². The highest BCUT2D eigenvalue weighted by Crippen LogP contribution is 2.16. The Morgan fingerprint density at radius 2 is 1.83 bits per heavy atom. The molecule has 0 aliphatic carbocycles. The van der Waals surface area contributed by atoms with Gasteiger partial charge in [0.2, 0.25) is 0 Å². The van der Waals surface area contributed by atoms with E-state index in [0.29, 0.717) is 23.2 Å². The van der Waals surface area contributed by atoms with Crippen LogP contribution < -0.4 is 5.43 Å². The first kappa shape index (κ1) is 21.5. The molecule has 3 rings (SSSR count). The van der Waals surface area contributed by atoms with Gasteiger partial charge in [0.1, 0.15) is 0 Å². The average molecular weight is 421 g/mol. The van der Waals surface area contributed by atoms with Gasteiger partial charge in [0.15, 0.2) is 5.69 Å². The molecule has 0 radical (unpaired) electrons. The quantitative estimate of drug-likeness (QED) is 0.403. The van der Waals surface area contributed by atoms with Crippen LogP contribution in [0.2, 0.25) is 5.02 Å². The number of nitrogens with zero attached hydrogens (tertiary/aromatic N) is 3. The molecule has 0 atom stereocenters. The lowest BCUT2D eigenvalue weighted by atomic mass is 10.0. The number of allylic oxidation sites excluding steroid dienone is 1. The van der Waals surface area contributed by atoms with E-state index in [-0.39, 0.29) is 5.91 Å². The summed E-state index contributed by atoms with van der Waals surface area (Å²) in [6.45, 7) is 6.84. The number of amides is 1. The van der Waals surface area contributed by atoms with Gasteiger partial charge in [-0.15, -0.1) is 0 Å². The third kappa shape index (κ3) is 6.16. The SMILES string of the molecule is CC(/C=N\NC(=O)c1ccn(Cc2ccc(Cl)cc2)n1)=C\c1ccc(C(C)C)cc1. The molecule has 0 bridgehead atoms. The van der Waals surface area contributed by atoms with Crippen LogP contribution in [0, 0.1) is 0 Å². The first-order valence-corrected chi connectivity index (χ1v) is 10.2. The second-order valence-corrected chi connectivity index (χ2v) is 7.87. The molecule has 1 aromatic heterocycles. The summed E-state index contributed by atoms with van der Waals surface area (Å²) in [5.74, 6) is 0.158. The zero-order valence-corrected chi connectivity index (χ0v) is 18.1. The van der Waals surface area contributed by atoms with Gasteiger partial charge in [0.25, 0.3) is 5.91 Å². The highest BCUT2D eigenvalue weighted by atomic mass is 35.5. The summed E-state index contributed by atoms with van der Waals surface area (Å²) >= 11 is 5.90. The van der Waals surface area contributed by atoms with Gasteiger partial charge in [-0.2, -0.15) is 10.2 Å². The molecule has 6 heteroatoms. The Bertz CT molecular complexity index is 1050. The van der Waals surface area contributed by atoms with Gasteiger partial charge < -0.3 is 0 Å². The fraction of sp³-hybridized carbons (Fsp3) is 0.208. The van der Waals surface area contributed by atoms with E-state index in [4.69, 9.17) is 11.6 Å². The van der Waals surface area contributed by atoms with Crippen LogP contribution in [-0.4, -0.2) is 21.9 Å². The molecule has 0 aliphatic rings. The molecule has 2 aromatic carbocycles. The molecular weight excluding hydrogens is 396 g/mol. The number of hydrogen-bond donors (Lipinski definition) is 1. The van der Waals surface area contributed by atoms with Crippen molar-refractivity contribution in [3.63, 3.8) is 0 Å². The molecule has 0 spiro atoms. The Labute approximate surface area is 182 Å². The van der Waals surface area contributed by atoms with Crippen LogP contribution in [0.5, 0.6) is 0 Å². The van der Waals surface area contributed by atoms with Gasteiger partial charge in [-0.1, -0.05) is 67.9 Å². The van der Waals surface area contributed by atoms with E-state index in [9.17, 15) is 4.79 Å². The second-order valence-electron chi connectivity index (χ2n) is 7.43. The zero-order valence-electron chi connectivity index (χ0n) is 17.3. The lowest BCUT2D eigenvalue weighted by molar-refractivity contribution is 0.0949. The number of carbonyl (C=O) groups excluding carboxylic acids is 1. The van der Waals surface area contributed by atoms with Crippen LogP contribution in [-0.2, 0) is 6.54 Å². The Kier molecular flexibility index (Phi) is 7.20. The Hall–Kier alpha value is -3.18. The highest BCUT2D eigenvalue weighted by molar-refractivity contribution is 6.30. The normalized spacial score (nSPS) is 12.0. The molecule has 154 valence electrons. The van der Waals surface area contributed by atoms with Crippen molar-refractivity contribution in [3.8, 4) is 0 Å². The van der Waals surface area contributed by atoms with E-state index in [0.717, 1.165) is 16.7 Å². The topological polar surface area (TPSA) is 59.3 Å². The van der Waals surface area contributed by atoms with E-state index in [1.54, 1.807) is 23.2 Å². The number of halogens is 1. The van der Waals surface area contributed by atoms with Crippen LogP contribution in [0.15, 0.2) is 71.5 Å². The summed E-state index contributed by atoms with van der Waals surface area (Å²) in [5, 5.41) is 9.02. The van der Waals surface area contributed by atoms with Crippen molar-refractivity contribution < 1.29 is 4.79 Å². The maximum atomic E-state index is 12.3. The van der Waals surface area contributed by atoms with Crippen LogP contribution in [0.1, 0.15) is 53.9 Å². The molecule has 0 saturated heterocycles. The number of hydrazone groups is 1. The number of benzene rings is 2. The lowest BCUT2D eigenvalue weighted by Crippen LogP contribution is -2.18. The predicted octanol–water partition coefficient (Wildman–Crippen LogP) is 5.53. The molecule has 30 heavy (non-hydrogen) atoms. The first-order chi connectivity index (χ1) is 14.4. The molecule has 3 aromatic rings. The van der Waals surface area contributed by atoms with E-state index < -0.39 is 0 Å². The van der Waals surface area contributed by atoms with Crippen molar-refractivity contribution in [1.29, 1.82) is 0 Å². The Balaban J connectivity index is 1.55. The van der Waals surface area contributed by atoms with Gasteiger partial charge in [0.05, 0.1) is 12.8 Å². The minimum atomic E-state index is -0.352. The summed E-state index contributed by atoms with van der Waals surface area (Å²) < 4.78 is 1.70. The first-order valence-electron chi connectivity index (χ1n) is 9.80. The summed E-state index contributed by atoms with van der Waals surface area (Å²) in [4.78, 5) is 12.3. The van der Waals surface area contributed by atoms with Crippen molar-refractivity contribution >= 4 is 29.8 Å². The van der Waals surface area contributed by atoms with E-state index in [2.05, 4.69) is 53.7 Å². The van der Waals surface area contributed by atoms with Crippen molar-refractivity contribution in [2.75, 3.05) is 0 Å². The van der Waals surface area contributed by atoms with Crippen LogP contribution >= 0.6 is 11.6 Å². The summed E-state index contributed by atoms with van der Waals surface area (Å²) in [6.07, 6.45) is 5.40. The van der Waals surface area contributed by atoms with E-state index >= 15 is 0 Å². The molecule has 0 aliphatic heterocycles. The average Bonchev–Trinajstić information content (AvgIpc) is 3.19. The van der Waals surface area contributed by atoms with Crippen molar-refractivity contribution in [1.82, 2.24) is 15.2 Å². The van der Waals surface area contributed by atoms with Gasteiger partial charge in [-0.25, -0.2) is 5.43 Å². The zero-order chi connectivity index (χ0) is 21.5. The van der Waals surface area contributed by atoms with Crippen LogP contribution in [0.25, 0.3) is 6.08 Å². The highest BCUT2D eigenvalue weighted by Gasteiger charge is 2.08. The van der Waals surface area contributed by atoms with Gasteiger partial charge in [-0.3, -0.25) is 9.48 Å². The van der Waals surface area contributed by atoms with E-state index in [1.165, 1.54) is 5.56 Å². The molecule has 5 nitrogen and oxygen atoms in total. The van der Waals surface area contributed by atoms with Gasteiger partial charge in [0, 0.05) is 11.2 Å². The van der Waals surface area contributed by atoms with E-state index in [1.807, 2.05) is 37.3 Å². The van der Waals surface area contributed by atoms with Crippen molar-refractivity contribution in [3.05, 3.63) is 93.8 Å². The van der Waals surface area contributed by atoms with Crippen molar-refractivity contribution in [2.45, 2.75) is 33.2 Å². The molecule has 1 N–H and O–H groups in total. The molecular formula is C24H25ClN4O. The lowest BCUT2D eigenvalue weighted by Gasteiger charge is -2.05. The molecule has 0 fully saturated rings. The predicted molar refractivity (Wildman–Crippen MR) is 123 cm³/mol. The standard InChI is InChI=1S/C24H25ClN4O/c1-17(2)21-8-4-19(5-9-21)14-18(3)15-26-27-24(30)23-12-13-29(28-23)16-20-6-10-22(25)11-7-20/h4-15,17H,16H2,1-3H3,(H,27,30)/b18-14+,26-15-. The smallest absolute Gasteiger partial charge is 0.268 e. The molecule has 1 heterocycles. The molecule has 0 saturated carbocycles. The maximum Gasteiger partial charge on any atom is 0.291 e. The number of carbonyl (C=O) groups is 1. The number of rotatable bonds is 7. The maximum absolute atomic E-state index is 12.3. The minimum Gasteiger partial charge on any atom is -0.268 e. The summed E-state index contributed by atoms with van der Waals surface area (Å²) in [5.41, 5.74) is 7.21. The van der Waals surface area contributed by atoms with Gasteiger partial charge in [-0.05, 0) is 53.3 Å². The Morgan fingerprint density at radius 3 is 2.50 bits per heavy atom. The fourth-order valence-electron chi connectivity index (χ4n) is 2.88. The summed E-state index contributed by atoms with van der Waals surface area (Å²) in [6, 6.07) is 17.6. The monoisotopic (exact) mass is 420 g/mol. The number of hydrogen-bond acceptors (Lipinski definition) is 3. The largest absolute Gasteiger partial charge is 0.291 e. The molecule has 0 unspecified atom stereocenters. The number of aromatic nitrogens is 2. The second kappa shape index (κ2) is 10.0. The third-order valence-corrected chi connectivity index (χ3v) is 4.81. The minimum absolute atomic E-state index is 0.312. The van der Waals surface area contributed by atoms with Crippen LogP contribution in [0.4, 0.5) is 0 Å². The van der Waals surface area contributed by atoms with Crippen molar-refractivity contribution in [2.24, 2.45) is 5.10 Å². The van der Waals surface area contributed by atoms with Gasteiger partial charge >= 0.3 is 0 Å².